The van der Waals surface area contributed by atoms with Crippen LogP contribution in [0.3, 0.4) is 0 Å². The van der Waals surface area contributed by atoms with Crippen molar-refractivity contribution in [3.63, 3.8) is 0 Å². The van der Waals surface area contributed by atoms with E-state index < -0.39 is 126 Å². The van der Waals surface area contributed by atoms with Crippen LogP contribution in [0.1, 0.15) is 86.8 Å². The number of hydrogen-bond donors (Lipinski definition) is 4. The second-order valence-corrected chi connectivity index (χ2v) is 21.7. The number of alkyl halides is 8. The number of Topliss-reactive ketones (excluding diaryl/α,β-unsaturated/α-hetero) is 1. The van der Waals surface area contributed by atoms with Crippen LogP contribution in [0.2, 0.25) is 0 Å². The number of aromatic nitrogens is 1. The first-order valence-corrected chi connectivity index (χ1v) is 26.1. The molecule has 16 nitrogen and oxygen atoms in total. The number of halogens is 10. The van der Waals surface area contributed by atoms with Crippen molar-refractivity contribution in [2.45, 2.75) is 122 Å². The number of esters is 1. The number of aryl methyl sites for hydroxylation is 1. The number of alkyl carbamates (subject to hydrolysis) is 1. The van der Waals surface area contributed by atoms with Crippen molar-refractivity contribution in [3.8, 4) is 11.8 Å². The van der Waals surface area contributed by atoms with Crippen molar-refractivity contribution < 1.29 is 82.4 Å². The van der Waals surface area contributed by atoms with Crippen LogP contribution in [0.25, 0.3) is 5.57 Å². The molecule has 3 saturated heterocycles. The number of amides is 2. The van der Waals surface area contributed by atoms with Crippen molar-refractivity contribution in [1.82, 2.24) is 25.6 Å². The number of nitrogens with zero attached hydrogens (tertiary/aromatic N) is 5. The predicted molar refractivity (Wildman–Crippen MR) is 280 cm³/mol. The molecule has 4 heterocycles. The van der Waals surface area contributed by atoms with E-state index in [4.69, 9.17) is 15.5 Å². The monoisotopic (exact) mass is 1170 g/mol. The van der Waals surface area contributed by atoms with Gasteiger partial charge in [-0.05, 0) is 93.0 Å². The van der Waals surface area contributed by atoms with E-state index in [-0.39, 0.29) is 12.0 Å². The summed E-state index contributed by atoms with van der Waals surface area (Å²) in [4.78, 5) is 65.7. The Labute approximate surface area is 467 Å². The molecule has 6 atom stereocenters. The zero-order chi connectivity index (χ0) is 60.6. The highest BCUT2D eigenvalue weighted by Gasteiger charge is 2.57. The molecule has 3 aliphatic rings. The van der Waals surface area contributed by atoms with E-state index in [9.17, 15) is 59.4 Å². The van der Waals surface area contributed by atoms with Gasteiger partial charge in [0.25, 0.3) is 0 Å². The van der Waals surface area contributed by atoms with Crippen LogP contribution >= 0.6 is 0 Å². The zero-order valence-electron chi connectivity index (χ0n) is 46.1. The third-order valence-corrected chi connectivity index (χ3v) is 15.5. The van der Waals surface area contributed by atoms with Crippen molar-refractivity contribution >= 4 is 41.4 Å². The normalized spacial score (nSPS) is 18.8. The van der Waals surface area contributed by atoms with Crippen molar-refractivity contribution in [1.29, 1.82) is 0 Å². The molecule has 82 heavy (non-hydrogen) atoms. The number of benzene rings is 2. The van der Waals surface area contributed by atoms with Crippen molar-refractivity contribution in [2.24, 2.45) is 33.4 Å². The van der Waals surface area contributed by atoms with Crippen LogP contribution in [0, 0.1) is 53.1 Å². The quantitative estimate of drug-likeness (QED) is 0.0190. The van der Waals surface area contributed by atoms with Gasteiger partial charge >= 0.3 is 31.0 Å². The van der Waals surface area contributed by atoms with Crippen molar-refractivity contribution in [2.75, 3.05) is 52.0 Å². The third-order valence-electron chi connectivity index (χ3n) is 15.5. The first-order chi connectivity index (χ1) is 38.4. The molecule has 3 fully saturated rings. The van der Waals surface area contributed by atoms with Gasteiger partial charge in [-0.3, -0.25) is 24.7 Å². The number of aliphatic hydroxyl groups excluding tert-OH is 1. The minimum absolute atomic E-state index is 0.337. The van der Waals surface area contributed by atoms with E-state index in [1.807, 2.05) is 18.3 Å². The van der Waals surface area contributed by atoms with E-state index >= 15 is 8.78 Å². The number of anilines is 1. The van der Waals surface area contributed by atoms with E-state index in [2.05, 4.69) is 41.5 Å². The zero-order valence-corrected chi connectivity index (χ0v) is 46.1. The molecule has 448 valence electrons. The SMILES string of the molecule is COC(=O)C[C@H](C(=O)NN(Cc1c(F)cc(C(C=NC(F)F)=CN)cc1F)C[C@H](O)[C@@H](CC(=O)[C@@H](NC(=O)OC)C(C)(C)C(F)(F)F)Cc1ccc(C#Cc2cnc(N3CC4CCC(C3)N4C3COC3)cc2C)cc1)C(C)(C)C(F)(F)F. The van der Waals surface area contributed by atoms with E-state index in [0.29, 0.717) is 92.1 Å². The minimum atomic E-state index is -5.17. The number of hydrazine groups is 1. The molecule has 2 aromatic carbocycles. The molecule has 3 aromatic rings. The Kier molecular flexibility index (Phi) is 20.9. The number of aliphatic hydroxyl groups is 1. The van der Waals surface area contributed by atoms with Gasteiger partial charge in [0.2, 0.25) is 5.91 Å². The second-order valence-electron chi connectivity index (χ2n) is 21.7. The molecular formula is C56H66F10N8O8. The summed E-state index contributed by atoms with van der Waals surface area (Å²) in [5.41, 5.74) is 2.24. The highest BCUT2D eigenvalue weighted by Crippen LogP contribution is 2.46. The molecule has 2 amide bonds. The number of aliphatic imine (C=N–C) groups is 1. The number of ketones is 1. The number of pyridine rings is 1. The minimum Gasteiger partial charge on any atom is -0.469 e. The molecule has 0 radical (unpaired) electrons. The average Bonchev–Trinajstić information content (AvgIpc) is 3.68. The summed E-state index contributed by atoms with van der Waals surface area (Å²) >= 11 is 0. The standard InChI is InChI=1S/C56H66F10N8O8/c1-31-16-47(72-25-38-14-15-39(26-72)74(38)40-29-82-30-40)68-23-34(31)13-12-32-8-10-33(11-9-32)17-36(20-45(75)49(70-52(79)81-7)54(4,5)56(64,65)66)46(76)28-73(71-50(78)42(21-48(77)80-6)53(2,3)55(61,62)63)27-41-43(57)18-35(19-44(41)58)37(22-67)24-69-51(59)60/h8-11,16,18-19,22-24,36,38-40,42,46,49,51,76H,14-15,17,20-21,25-30,67H2,1-7H3,(H,70,79)(H,71,78)/t36-,38?,39?,42-,46+,49-/m1/s1. The average molecular weight is 1170 g/mol. The molecule has 6 rings (SSSR count). The summed E-state index contributed by atoms with van der Waals surface area (Å²) in [6.07, 6.45) is -11.2. The maximum Gasteiger partial charge on any atom is 0.407 e. The van der Waals surface area contributed by atoms with Gasteiger partial charge in [0.05, 0.1) is 62.7 Å². The van der Waals surface area contributed by atoms with Gasteiger partial charge in [-0.25, -0.2) is 28.6 Å². The topological polar surface area (TPSA) is 201 Å². The van der Waals surface area contributed by atoms with Gasteiger partial charge in [-0.2, -0.15) is 35.1 Å². The Morgan fingerprint density at radius 2 is 1.51 bits per heavy atom. The molecule has 5 N–H and O–H groups in total. The van der Waals surface area contributed by atoms with Crippen LogP contribution in [0.15, 0.2) is 59.9 Å². The van der Waals surface area contributed by atoms with Gasteiger partial charge < -0.3 is 35.3 Å². The van der Waals surface area contributed by atoms with E-state index in [1.54, 1.807) is 18.3 Å². The lowest BCUT2D eigenvalue weighted by atomic mass is 9.75. The number of nitrogens with one attached hydrogen (secondary N) is 2. The highest BCUT2D eigenvalue weighted by molar-refractivity contribution is 6.09. The van der Waals surface area contributed by atoms with Crippen LogP contribution in [0.4, 0.5) is 54.5 Å². The number of carbonyl (C=O) groups excluding carboxylic acids is 4. The first-order valence-electron chi connectivity index (χ1n) is 26.1. The Balaban J connectivity index is 1.33. The van der Waals surface area contributed by atoms with E-state index in [0.717, 1.165) is 64.7 Å². The number of allylic oxidation sites excluding steroid dienone is 1. The van der Waals surface area contributed by atoms with Gasteiger partial charge in [0.1, 0.15) is 23.5 Å². The predicted octanol–water partition coefficient (Wildman–Crippen LogP) is 7.81. The Morgan fingerprint density at radius 3 is 2.02 bits per heavy atom. The van der Waals surface area contributed by atoms with Crippen LogP contribution in [-0.4, -0.2) is 146 Å². The molecule has 0 spiro atoms. The molecule has 2 unspecified atom stereocenters. The van der Waals surface area contributed by atoms with Gasteiger partial charge in [-0.1, -0.05) is 37.8 Å². The number of carbonyl (C=O) groups is 4. The lowest BCUT2D eigenvalue weighted by Gasteiger charge is -2.48. The molecular weight excluding hydrogens is 1100 g/mol. The Morgan fingerprint density at radius 1 is 0.902 bits per heavy atom. The summed E-state index contributed by atoms with van der Waals surface area (Å²) in [5.74, 6) is -3.82. The summed E-state index contributed by atoms with van der Waals surface area (Å²) in [6, 6.07) is 8.41. The summed E-state index contributed by atoms with van der Waals surface area (Å²) in [5, 5.41) is 14.7. The Hall–Kier alpha value is -6.82. The second kappa shape index (κ2) is 26.6. The van der Waals surface area contributed by atoms with Gasteiger partial charge in [0, 0.05) is 85.6 Å². The summed E-state index contributed by atoms with van der Waals surface area (Å²) in [7, 11) is 1.69. The smallest absolute Gasteiger partial charge is 0.407 e. The van der Waals surface area contributed by atoms with Gasteiger partial charge in [0.15, 0.2) is 5.78 Å². The van der Waals surface area contributed by atoms with Crippen LogP contribution in [-0.2, 0) is 41.6 Å². The third kappa shape index (κ3) is 15.4. The number of piperazine rings is 1. The van der Waals surface area contributed by atoms with Crippen LogP contribution in [0.5, 0.6) is 0 Å². The lowest BCUT2D eigenvalue weighted by molar-refractivity contribution is -0.231. The molecule has 26 heteroatoms. The molecule has 0 aliphatic carbocycles. The molecule has 3 aliphatic heterocycles. The number of ether oxygens (including phenoxy) is 3. The van der Waals surface area contributed by atoms with Gasteiger partial charge in [-0.15, -0.1) is 0 Å². The highest BCUT2D eigenvalue weighted by atomic mass is 19.4. The number of methoxy groups -OCH3 is 2. The number of rotatable bonds is 22. The van der Waals surface area contributed by atoms with E-state index in [1.165, 1.54) is 12.1 Å². The lowest BCUT2D eigenvalue weighted by Crippen LogP contribution is -2.62. The molecule has 0 saturated carbocycles. The number of fused-ring (bicyclic) bond motifs is 2. The number of hydrogen-bond acceptors (Lipinski definition) is 14. The summed E-state index contributed by atoms with van der Waals surface area (Å²) < 4.78 is 160. The molecule has 2 bridgehead atoms. The fourth-order valence-electron chi connectivity index (χ4n) is 10.2. The van der Waals surface area contributed by atoms with Crippen molar-refractivity contribution in [3.05, 3.63) is 99.9 Å². The summed E-state index contributed by atoms with van der Waals surface area (Å²) in [6.45, 7) is 2.16. The largest absolute Gasteiger partial charge is 0.469 e. The number of nitrogens with two attached hydrogens (primary N) is 1. The fourth-order valence-corrected chi connectivity index (χ4v) is 10.2. The fraction of sp³-hybridized carbons (Fsp3) is 0.536. The Bertz CT molecular complexity index is 2870. The maximum atomic E-state index is 16.1. The maximum absolute atomic E-state index is 16.1. The molecule has 1 aromatic heterocycles. The first kappa shape index (κ1) is 64.3. The van der Waals surface area contributed by atoms with Crippen LogP contribution < -0.4 is 21.4 Å².